The number of alkyl halides is 2. The van der Waals surface area contributed by atoms with E-state index in [1.807, 2.05) is 24.3 Å². The van der Waals surface area contributed by atoms with Crippen molar-refractivity contribution in [3.63, 3.8) is 0 Å². The fourth-order valence-corrected chi connectivity index (χ4v) is 2.88. The third-order valence-corrected chi connectivity index (χ3v) is 4.17. The molecule has 28 heavy (non-hydrogen) atoms. The molecule has 0 saturated heterocycles. The van der Waals surface area contributed by atoms with Crippen LogP contribution in [0.4, 0.5) is 11.5 Å². The average Bonchev–Trinajstić information content (AvgIpc) is 2.70. The van der Waals surface area contributed by atoms with Gasteiger partial charge in [-0.15, -0.1) is 29.6 Å². The van der Waals surface area contributed by atoms with Crippen molar-refractivity contribution in [2.24, 2.45) is 0 Å². The minimum atomic E-state index is 0.0980. The van der Waals surface area contributed by atoms with Gasteiger partial charge in [0.15, 0.2) is 11.5 Å². The van der Waals surface area contributed by atoms with Crippen molar-refractivity contribution < 1.29 is 9.47 Å². The second-order valence-electron chi connectivity index (χ2n) is 5.58. The van der Waals surface area contributed by atoms with Gasteiger partial charge in [-0.05, 0) is 35.9 Å². The maximum absolute atomic E-state index is 6.12. The highest BCUT2D eigenvalue weighted by molar-refractivity contribution is 6.29. The Morgan fingerprint density at radius 2 is 1.71 bits per heavy atom. The molecule has 0 bridgehead atoms. The molecule has 1 N–H and O–H groups in total. The zero-order valence-electron chi connectivity index (χ0n) is 14.7. The summed E-state index contributed by atoms with van der Waals surface area (Å²) in [5, 5.41) is 4.04. The van der Waals surface area contributed by atoms with E-state index in [2.05, 4.69) is 21.2 Å². The second-order valence-corrected chi connectivity index (χ2v) is 6.68. The van der Waals surface area contributed by atoms with Crippen LogP contribution in [0.5, 0.6) is 11.5 Å². The van der Waals surface area contributed by atoms with E-state index in [-0.39, 0.29) is 5.28 Å². The number of aromatic nitrogens is 2. The van der Waals surface area contributed by atoms with Gasteiger partial charge in [0.2, 0.25) is 5.28 Å². The zero-order valence-corrected chi connectivity index (χ0v) is 17.0. The minimum absolute atomic E-state index is 0.0980. The Balaban J connectivity index is 2.07. The number of fused-ring (bicyclic) bond motifs is 1. The molecule has 0 saturated carbocycles. The van der Waals surface area contributed by atoms with Crippen molar-refractivity contribution in [1.29, 1.82) is 0 Å². The highest BCUT2D eigenvalue weighted by Gasteiger charge is 2.14. The van der Waals surface area contributed by atoms with Gasteiger partial charge in [0.1, 0.15) is 19.0 Å². The van der Waals surface area contributed by atoms with E-state index >= 15 is 0 Å². The summed E-state index contributed by atoms with van der Waals surface area (Å²) in [5.41, 5.74) is 2.12. The van der Waals surface area contributed by atoms with Crippen LogP contribution in [0.15, 0.2) is 36.4 Å². The van der Waals surface area contributed by atoms with Crippen molar-refractivity contribution in [3.8, 4) is 23.8 Å². The average molecular weight is 437 g/mol. The number of hydrogen-bond acceptors (Lipinski definition) is 5. The molecule has 3 rings (SSSR count). The molecule has 0 radical (unpaired) electrons. The van der Waals surface area contributed by atoms with E-state index in [4.69, 9.17) is 50.7 Å². The van der Waals surface area contributed by atoms with Gasteiger partial charge in [-0.1, -0.05) is 12.0 Å². The first-order chi connectivity index (χ1) is 13.6. The van der Waals surface area contributed by atoms with Crippen LogP contribution in [0.3, 0.4) is 0 Å². The first-order valence-corrected chi connectivity index (χ1v) is 9.82. The molecule has 0 aliphatic rings. The number of benzene rings is 2. The Kier molecular flexibility index (Phi) is 7.05. The van der Waals surface area contributed by atoms with Crippen molar-refractivity contribution in [1.82, 2.24) is 9.97 Å². The summed E-state index contributed by atoms with van der Waals surface area (Å²) in [6, 6.07) is 10.9. The summed E-state index contributed by atoms with van der Waals surface area (Å²) < 4.78 is 11.4. The van der Waals surface area contributed by atoms with Gasteiger partial charge in [-0.3, -0.25) is 0 Å². The first-order valence-electron chi connectivity index (χ1n) is 8.37. The van der Waals surface area contributed by atoms with Crippen LogP contribution in [0.2, 0.25) is 5.28 Å². The first kappa shape index (κ1) is 20.3. The second kappa shape index (κ2) is 9.70. The number of anilines is 2. The molecular formula is C20H16Cl3N3O2. The van der Waals surface area contributed by atoms with Crippen LogP contribution < -0.4 is 14.8 Å². The molecule has 1 heterocycles. The molecule has 0 aliphatic carbocycles. The highest BCUT2D eigenvalue weighted by Crippen LogP contribution is 2.36. The van der Waals surface area contributed by atoms with Gasteiger partial charge >= 0.3 is 0 Å². The monoisotopic (exact) mass is 435 g/mol. The van der Waals surface area contributed by atoms with Gasteiger partial charge in [0.05, 0.1) is 17.3 Å². The summed E-state index contributed by atoms with van der Waals surface area (Å²) in [4.78, 5) is 8.60. The Morgan fingerprint density at radius 1 is 1.00 bits per heavy atom. The lowest BCUT2D eigenvalue weighted by Gasteiger charge is -2.15. The van der Waals surface area contributed by atoms with Crippen molar-refractivity contribution in [2.75, 3.05) is 30.3 Å². The number of halogens is 3. The maximum Gasteiger partial charge on any atom is 0.224 e. The molecular weight excluding hydrogens is 421 g/mol. The largest absolute Gasteiger partial charge is 0.488 e. The van der Waals surface area contributed by atoms with Gasteiger partial charge in [0, 0.05) is 22.7 Å². The normalized spacial score (nSPS) is 10.5. The number of nitrogens with one attached hydrogen (secondary N) is 1. The third kappa shape index (κ3) is 4.90. The lowest BCUT2D eigenvalue weighted by molar-refractivity contribution is 0.291. The van der Waals surface area contributed by atoms with E-state index in [1.54, 1.807) is 12.1 Å². The molecule has 8 heteroatoms. The summed E-state index contributed by atoms with van der Waals surface area (Å²) in [6.07, 6.45) is 5.47. The smallest absolute Gasteiger partial charge is 0.224 e. The fourth-order valence-electron chi connectivity index (χ4n) is 2.55. The Bertz CT molecular complexity index is 1020. The molecule has 144 valence electrons. The molecule has 5 nitrogen and oxygen atoms in total. The van der Waals surface area contributed by atoms with Crippen molar-refractivity contribution >= 4 is 57.2 Å². The molecule has 0 unspecified atom stereocenters. The predicted molar refractivity (Wildman–Crippen MR) is 115 cm³/mol. The number of ether oxygens (including phenoxy) is 2. The molecule has 0 fully saturated rings. The minimum Gasteiger partial charge on any atom is -0.488 e. The van der Waals surface area contributed by atoms with Gasteiger partial charge in [0.25, 0.3) is 0 Å². The Hall–Kier alpha value is -2.39. The molecule has 0 aliphatic heterocycles. The van der Waals surface area contributed by atoms with Gasteiger partial charge < -0.3 is 14.8 Å². The SMILES string of the molecule is C#Cc1cccc(Nc2nc(Cl)nc3cc(OCCCl)c(OCCCl)cc23)c1. The summed E-state index contributed by atoms with van der Waals surface area (Å²) in [7, 11) is 0. The number of terminal acetylenes is 1. The van der Waals surface area contributed by atoms with E-state index < -0.39 is 0 Å². The Morgan fingerprint density at radius 3 is 2.39 bits per heavy atom. The molecule has 2 aromatic carbocycles. The van der Waals surface area contributed by atoms with Crippen LogP contribution in [0.1, 0.15) is 5.56 Å². The molecule has 1 aromatic heterocycles. The molecule has 3 aromatic rings. The standard InChI is InChI=1S/C20H16Cl3N3O2/c1-2-13-4-3-5-14(10-13)24-19-15-11-17(27-8-6-21)18(28-9-7-22)12-16(15)25-20(23)26-19/h1,3-5,10-12H,6-9H2,(H,24,25,26). The van der Waals surface area contributed by atoms with E-state index in [0.29, 0.717) is 53.2 Å². The van der Waals surface area contributed by atoms with Crippen molar-refractivity contribution in [2.45, 2.75) is 0 Å². The fraction of sp³-hybridized carbons (Fsp3) is 0.200. The van der Waals surface area contributed by atoms with Crippen LogP contribution in [-0.2, 0) is 0 Å². The molecule has 0 atom stereocenters. The van der Waals surface area contributed by atoms with E-state index in [1.165, 1.54) is 0 Å². The van der Waals surface area contributed by atoms with Crippen LogP contribution in [0.25, 0.3) is 10.9 Å². The number of rotatable bonds is 8. The topological polar surface area (TPSA) is 56.3 Å². The van der Waals surface area contributed by atoms with Crippen molar-refractivity contribution in [3.05, 3.63) is 47.2 Å². The highest BCUT2D eigenvalue weighted by atomic mass is 35.5. The van der Waals surface area contributed by atoms with Crippen LogP contribution in [-0.4, -0.2) is 34.9 Å². The summed E-state index contributed by atoms with van der Waals surface area (Å²) in [6.45, 7) is 0.652. The van der Waals surface area contributed by atoms with Gasteiger partial charge in [-0.2, -0.15) is 4.98 Å². The summed E-state index contributed by atoms with van der Waals surface area (Å²) >= 11 is 17.6. The van der Waals surface area contributed by atoms with Crippen LogP contribution in [0, 0.1) is 12.3 Å². The quantitative estimate of drug-likeness (QED) is 0.297. The Labute approximate surface area is 177 Å². The molecule has 0 amide bonds. The zero-order chi connectivity index (χ0) is 19.9. The van der Waals surface area contributed by atoms with E-state index in [0.717, 1.165) is 11.3 Å². The van der Waals surface area contributed by atoms with Gasteiger partial charge in [-0.25, -0.2) is 4.98 Å². The molecule has 0 spiro atoms. The number of nitrogens with zero attached hydrogens (tertiary/aromatic N) is 2. The van der Waals surface area contributed by atoms with E-state index in [9.17, 15) is 0 Å². The third-order valence-electron chi connectivity index (χ3n) is 3.70. The van der Waals surface area contributed by atoms with Crippen LogP contribution >= 0.6 is 34.8 Å². The lowest BCUT2D eigenvalue weighted by atomic mass is 10.2. The maximum atomic E-state index is 6.12. The summed E-state index contributed by atoms with van der Waals surface area (Å²) in [5.74, 6) is 4.83. The number of hydrogen-bond donors (Lipinski definition) is 1. The lowest BCUT2D eigenvalue weighted by Crippen LogP contribution is -2.05. The predicted octanol–water partition coefficient (Wildman–Crippen LogP) is 5.24.